The summed E-state index contributed by atoms with van der Waals surface area (Å²) >= 11 is 1.43. The minimum Gasteiger partial charge on any atom is -0.507 e. The standard InChI is InChI=1S/C20H11NO3S/c21-11-13-9-12(5-7-16(13)22)17-8-6-14(24-17)10-19-20(23)15-3-1-2-4-18(15)25-19/h1-10,22H/b19-10-. The van der Waals surface area contributed by atoms with Crippen molar-refractivity contribution in [2.45, 2.75) is 4.90 Å². The van der Waals surface area contributed by atoms with Crippen LogP contribution >= 0.6 is 11.8 Å². The van der Waals surface area contributed by atoms with Gasteiger partial charge in [0.1, 0.15) is 23.3 Å². The van der Waals surface area contributed by atoms with Gasteiger partial charge in [-0.3, -0.25) is 4.79 Å². The highest BCUT2D eigenvalue weighted by atomic mass is 32.2. The van der Waals surface area contributed by atoms with Crippen LogP contribution in [0, 0.1) is 11.3 Å². The molecular weight excluding hydrogens is 334 g/mol. The molecule has 0 unspecified atom stereocenters. The van der Waals surface area contributed by atoms with Crippen molar-refractivity contribution in [3.8, 4) is 23.1 Å². The van der Waals surface area contributed by atoms with Gasteiger partial charge in [-0.05, 0) is 48.5 Å². The highest BCUT2D eigenvalue weighted by Gasteiger charge is 2.25. The molecule has 2 aromatic carbocycles. The third kappa shape index (κ3) is 2.73. The van der Waals surface area contributed by atoms with Crippen LogP contribution in [0.15, 0.2) is 68.8 Å². The Kier molecular flexibility index (Phi) is 3.68. The zero-order valence-corrected chi connectivity index (χ0v) is 13.7. The van der Waals surface area contributed by atoms with Crippen molar-refractivity contribution in [2.75, 3.05) is 0 Å². The molecule has 120 valence electrons. The zero-order chi connectivity index (χ0) is 17.4. The first-order valence-corrected chi connectivity index (χ1v) is 8.34. The predicted octanol–water partition coefficient (Wildman–Crippen LogP) is 4.85. The first kappa shape index (κ1) is 15.3. The molecule has 4 nitrogen and oxygen atoms in total. The lowest BCUT2D eigenvalue weighted by Crippen LogP contribution is -1.93. The molecule has 3 aromatic rings. The first-order valence-electron chi connectivity index (χ1n) is 7.52. The van der Waals surface area contributed by atoms with Gasteiger partial charge in [0.25, 0.3) is 0 Å². The molecule has 0 saturated heterocycles. The fourth-order valence-corrected chi connectivity index (χ4v) is 3.66. The Hall–Kier alpha value is -3.23. The number of hydrogen-bond acceptors (Lipinski definition) is 5. The van der Waals surface area contributed by atoms with E-state index in [4.69, 9.17) is 9.68 Å². The van der Waals surface area contributed by atoms with Gasteiger partial charge in [-0.15, -0.1) is 0 Å². The first-order chi connectivity index (χ1) is 12.2. The number of carbonyl (C=O) groups excluding carboxylic acids is 1. The van der Waals surface area contributed by atoms with E-state index in [1.807, 2.05) is 30.3 Å². The summed E-state index contributed by atoms with van der Waals surface area (Å²) in [5.41, 5.74) is 1.58. The zero-order valence-electron chi connectivity index (χ0n) is 12.9. The van der Waals surface area contributed by atoms with Crippen molar-refractivity contribution in [1.82, 2.24) is 0 Å². The summed E-state index contributed by atoms with van der Waals surface area (Å²) in [6.07, 6.45) is 1.72. The van der Waals surface area contributed by atoms with E-state index >= 15 is 0 Å². The molecule has 1 aliphatic rings. The van der Waals surface area contributed by atoms with Gasteiger partial charge in [-0.2, -0.15) is 5.26 Å². The number of rotatable bonds is 2. The number of benzene rings is 2. The maximum atomic E-state index is 12.4. The fourth-order valence-electron chi connectivity index (χ4n) is 2.63. The van der Waals surface area contributed by atoms with Crippen molar-refractivity contribution in [3.05, 3.63) is 76.4 Å². The average Bonchev–Trinajstić information content (AvgIpc) is 3.21. The van der Waals surface area contributed by atoms with E-state index in [0.29, 0.717) is 27.6 Å². The average molecular weight is 345 g/mol. The van der Waals surface area contributed by atoms with Gasteiger partial charge in [0.2, 0.25) is 5.78 Å². The van der Waals surface area contributed by atoms with Crippen LogP contribution < -0.4 is 0 Å². The van der Waals surface area contributed by atoms with E-state index in [-0.39, 0.29) is 17.1 Å². The number of hydrogen-bond donors (Lipinski definition) is 1. The molecule has 0 saturated carbocycles. The van der Waals surface area contributed by atoms with Gasteiger partial charge in [-0.1, -0.05) is 23.9 Å². The Morgan fingerprint density at radius 1 is 1.12 bits per heavy atom. The molecule has 5 heteroatoms. The minimum absolute atomic E-state index is 0.00468. The van der Waals surface area contributed by atoms with Gasteiger partial charge < -0.3 is 9.52 Å². The molecule has 0 amide bonds. The summed E-state index contributed by atoms with van der Waals surface area (Å²) in [6, 6.07) is 17.7. The lowest BCUT2D eigenvalue weighted by atomic mass is 10.1. The number of furan rings is 1. The van der Waals surface area contributed by atoms with Crippen LogP contribution in [-0.2, 0) is 0 Å². The second-order valence-electron chi connectivity index (χ2n) is 5.48. The molecule has 1 aliphatic heterocycles. The topological polar surface area (TPSA) is 74.2 Å². The monoisotopic (exact) mass is 345 g/mol. The van der Waals surface area contributed by atoms with Gasteiger partial charge >= 0.3 is 0 Å². The van der Waals surface area contributed by atoms with Gasteiger partial charge in [-0.25, -0.2) is 0 Å². The van der Waals surface area contributed by atoms with Crippen LogP contribution in [0.2, 0.25) is 0 Å². The number of thioether (sulfide) groups is 1. The molecule has 0 radical (unpaired) electrons. The number of aromatic hydroxyl groups is 1. The molecular formula is C20H11NO3S. The Morgan fingerprint density at radius 2 is 1.96 bits per heavy atom. The van der Waals surface area contributed by atoms with Crippen LogP contribution in [0.1, 0.15) is 21.7 Å². The van der Waals surface area contributed by atoms with Crippen molar-refractivity contribution in [2.24, 2.45) is 0 Å². The minimum atomic E-state index is -0.0640. The molecule has 0 fully saturated rings. The number of phenols is 1. The maximum absolute atomic E-state index is 12.4. The highest BCUT2D eigenvalue weighted by molar-refractivity contribution is 8.04. The molecule has 2 heterocycles. The number of Topliss-reactive ketones (excluding diaryl/α,β-unsaturated/α-hetero) is 1. The van der Waals surface area contributed by atoms with E-state index in [0.717, 1.165) is 4.90 Å². The van der Waals surface area contributed by atoms with E-state index in [1.54, 1.807) is 30.3 Å². The molecule has 0 bridgehead atoms. The van der Waals surface area contributed by atoms with Crippen LogP contribution in [0.5, 0.6) is 5.75 Å². The Morgan fingerprint density at radius 3 is 2.76 bits per heavy atom. The second-order valence-corrected chi connectivity index (χ2v) is 6.57. The maximum Gasteiger partial charge on any atom is 0.200 e. The summed E-state index contributed by atoms with van der Waals surface area (Å²) in [7, 11) is 0. The second kappa shape index (κ2) is 6.00. The quantitative estimate of drug-likeness (QED) is 0.672. The molecule has 1 aromatic heterocycles. The third-order valence-electron chi connectivity index (χ3n) is 3.88. The van der Waals surface area contributed by atoms with Crippen molar-refractivity contribution in [1.29, 1.82) is 5.26 Å². The number of allylic oxidation sites excluding steroid dienone is 1. The summed E-state index contributed by atoms with van der Waals surface area (Å²) in [4.78, 5) is 14.0. The largest absolute Gasteiger partial charge is 0.507 e. The van der Waals surface area contributed by atoms with E-state index in [9.17, 15) is 9.90 Å². The number of carbonyl (C=O) groups is 1. The third-order valence-corrected chi connectivity index (χ3v) is 4.98. The van der Waals surface area contributed by atoms with Crippen molar-refractivity contribution < 1.29 is 14.3 Å². The lowest BCUT2D eigenvalue weighted by Gasteiger charge is -2.00. The molecule has 1 N–H and O–H groups in total. The number of nitriles is 1. The summed E-state index contributed by atoms with van der Waals surface area (Å²) in [5.74, 6) is 1.06. The Labute approximate surface area is 148 Å². The number of ketones is 1. The van der Waals surface area contributed by atoms with E-state index in [2.05, 4.69) is 0 Å². The Bertz CT molecular complexity index is 1070. The van der Waals surface area contributed by atoms with Gasteiger partial charge in [0, 0.05) is 16.0 Å². The molecule has 25 heavy (non-hydrogen) atoms. The van der Waals surface area contributed by atoms with Crippen molar-refractivity contribution >= 4 is 23.6 Å². The number of fused-ring (bicyclic) bond motifs is 1. The smallest absolute Gasteiger partial charge is 0.200 e. The predicted molar refractivity (Wildman–Crippen MR) is 95.1 cm³/mol. The van der Waals surface area contributed by atoms with Gasteiger partial charge in [0.15, 0.2) is 0 Å². The SMILES string of the molecule is N#Cc1cc(-c2ccc(/C=C3\Sc4ccccc4C3=O)o2)ccc1O. The lowest BCUT2D eigenvalue weighted by molar-refractivity contribution is 0.104. The number of nitrogens with zero attached hydrogens (tertiary/aromatic N) is 1. The Balaban J connectivity index is 1.65. The number of phenolic OH excluding ortho intramolecular Hbond substituents is 1. The normalized spacial score (nSPS) is 14.5. The highest BCUT2D eigenvalue weighted by Crippen LogP contribution is 2.41. The molecule has 0 atom stereocenters. The summed E-state index contributed by atoms with van der Waals surface area (Å²) < 4.78 is 5.79. The molecule has 0 aliphatic carbocycles. The fraction of sp³-hybridized carbons (Fsp3) is 0. The van der Waals surface area contributed by atoms with Crippen molar-refractivity contribution in [3.63, 3.8) is 0 Å². The summed E-state index contributed by atoms with van der Waals surface area (Å²) in [5, 5.41) is 18.6. The summed E-state index contributed by atoms with van der Waals surface area (Å²) in [6.45, 7) is 0. The van der Waals surface area contributed by atoms with Crippen LogP contribution in [0.3, 0.4) is 0 Å². The molecule has 0 spiro atoms. The van der Waals surface area contributed by atoms with Crippen LogP contribution in [0.25, 0.3) is 17.4 Å². The van der Waals surface area contributed by atoms with E-state index in [1.165, 1.54) is 17.8 Å². The van der Waals surface area contributed by atoms with Crippen LogP contribution in [0.4, 0.5) is 0 Å². The van der Waals surface area contributed by atoms with Gasteiger partial charge in [0.05, 0.1) is 10.5 Å². The van der Waals surface area contributed by atoms with E-state index < -0.39 is 0 Å². The van der Waals surface area contributed by atoms with Crippen LogP contribution in [-0.4, -0.2) is 10.9 Å². The molecule has 4 rings (SSSR count).